The summed E-state index contributed by atoms with van der Waals surface area (Å²) in [5.41, 5.74) is 2.60. The molecule has 29 heavy (non-hydrogen) atoms. The first kappa shape index (κ1) is 21.3. The Morgan fingerprint density at radius 1 is 1.24 bits per heavy atom. The molecule has 0 aliphatic heterocycles. The number of nitro groups is 1. The van der Waals surface area contributed by atoms with E-state index in [0.717, 1.165) is 48.7 Å². The summed E-state index contributed by atoms with van der Waals surface area (Å²) in [7, 11) is -3.82. The summed E-state index contributed by atoms with van der Waals surface area (Å²) in [6, 6.07) is 3.84. The summed E-state index contributed by atoms with van der Waals surface area (Å²) >= 11 is 0. The molecule has 0 unspecified atom stereocenters. The number of nitro benzene ring substituents is 1. The van der Waals surface area contributed by atoms with Gasteiger partial charge in [-0.3, -0.25) is 15.2 Å². The van der Waals surface area contributed by atoms with Gasteiger partial charge < -0.3 is 5.32 Å². The molecule has 1 fully saturated rings. The number of sulfonamides is 1. The number of nitrogens with zero attached hydrogens (tertiary/aromatic N) is 2. The summed E-state index contributed by atoms with van der Waals surface area (Å²) in [5.74, 6) is 0.602. The molecule has 1 aromatic carbocycles. The SMILES string of the molecule is Cc1n[nH]c(C)c1CNc1ccc(S(=O)(=O)NC2CCC(C)CC2)cc1[N+](=O)[O-]. The number of aromatic nitrogens is 2. The largest absolute Gasteiger partial charge is 0.375 e. The number of aromatic amines is 1. The summed E-state index contributed by atoms with van der Waals surface area (Å²) in [5, 5.41) is 21.6. The molecule has 1 heterocycles. The maximum absolute atomic E-state index is 12.7. The van der Waals surface area contributed by atoms with E-state index < -0.39 is 14.9 Å². The number of aryl methyl sites for hydroxylation is 2. The fourth-order valence-corrected chi connectivity index (χ4v) is 4.99. The third-order valence-corrected chi connectivity index (χ3v) is 7.07. The molecule has 1 aliphatic rings. The average molecular weight is 422 g/mol. The van der Waals surface area contributed by atoms with Gasteiger partial charge in [-0.15, -0.1) is 0 Å². The first-order chi connectivity index (χ1) is 13.7. The Morgan fingerprint density at radius 2 is 1.93 bits per heavy atom. The van der Waals surface area contributed by atoms with Crippen molar-refractivity contribution in [3.05, 3.63) is 45.3 Å². The van der Waals surface area contributed by atoms with Crippen LogP contribution in [0.15, 0.2) is 23.1 Å². The zero-order chi connectivity index (χ0) is 21.2. The molecule has 0 amide bonds. The van der Waals surface area contributed by atoms with Crippen LogP contribution in [-0.4, -0.2) is 29.6 Å². The van der Waals surface area contributed by atoms with Crippen LogP contribution >= 0.6 is 0 Å². The van der Waals surface area contributed by atoms with Crippen molar-refractivity contribution in [3.63, 3.8) is 0 Å². The van der Waals surface area contributed by atoms with Gasteiger partial charge in [-0.1, -0.05) is 6.92 Å². The van der Waals surface area contributed by atoms with Crippen molar-refractivity contribution in [2.45, 2.75) is 63.9 Å². The van der Waals surface area contributed by atoms with E-state index in [4.69, 9.17) is 0 Å². The molecule has 0 bridgehead atoms. The third-order valence-electron chi connectivity index (χ3n) is 5.55. The molecular weight excluding hydrogens is 394 g/mol. The second kappa shape index (κ2) is 8.50. The highest BCUT2D eigenvalue weighted by Gasteiger charge is 2.26. The zero-order valence-corrected chi connectivity index (χ0v) is 17.7. The van der Waals surface area contributed by atoms with Crippen molar-refractivity contribution in [1.29, 1.82) is 0 Å². The van der Waals surface area contributed by atoms with Gasteiger partial charge in [0.05, 0.1) is 15.5 Å². The van der Waals surface area contributed by atoms with Crippen molar-refractivity contribution in [2.75, 3.05) is 5.32 Å². The number of hydrogen-bond acceptors (Lipinski definition) is 6. The highest BCUT2D eigenvalue weighted by Crippen LogP contribution is 2.30. The molecule has 158 valence electrons. The molecule has 0 saturated heterocycles. The average Bonchev–Trinajstić information content (AvgIpc) is 2.99. The van der Waals surface area contributed by atoms with Gasteiger partial charge >= 0.3 is 0 Å². The van der Waals surface area contributed by atoms with Crippen LogP contribution in [-0.2, 0) is 16.6 Å². The lowest BCUT2D eigenvalue weighted by Crippen LogP contribution is -2.37. The molecule has 9 nitrogen and oxygen atoms in total. The Morgan fingerprint density at radius 3 is 2.52 bits per heavy atom. The monoisotopic (exact) mass is 421 g/mol. The van der Waals surface area contributed by atoms with Gasteiger partial charge in [-0.05, 0) is 57.6 Å². The van der Waals surface area contributed by atoms with Crippen LogP contribution in [0.3, 0.4) is 0 Å². The highest BCUT2D eigenvalue weighted by atomic mass is 32.2. The highest BCUT2D eigenvalue weighted by molar-refractivity contribution is 7.89. The van der Waals surface area contributed by atoms with Gasteiger partial charge in [0.1, 0.15) is 5.69 Å². The van der Waals surface area contributed by atoms with Crippen LogP contribution in [0.2, 0.25) is 0 Å². The zero-order valence-electron chi connectivity index (χ0n) is 16.9. The number of H-pyrrole nitrogens is 1. The molecule has 1 aromatic heterocycles. The minimum Gasteiger partial charge on any atom is -0.375 e. The molecule has 10 heteroatoms. The summed E-state index contributed by atoms with van der Waals surface area (Å²) in [4.78, 5) is 10.9. The maximum atomic E-state index is 12.7. The number of rotatable bonds is 7. The van der Waals surface area contributed by atoms with Gasteiger partial charge in [-0.25, -0.2) is 13.1 Å². The van der Waals surface area contributed by atoms with Crippen LogP contribution in [0.25, 0.3) is 0 Å². The second-order valence-corrected chi connectivity index (χ2v) is 9.49. The van der Waals surface area contributed by atoms with Crippen LogP contribution in [0.5, 0.6) is 0 Å². The minimum absolute atomic E-state index is 0.0935. The number of nitrogens with one attached hydrogen (secondary N) is 3. The van der Waals surface area contributed by atoms with Gasteiger partial charge in [0.25, 0.3) is 5.69 Å². The smallest absolute Gasteiger partial charge is 0.293 e. The lowest BCUT2D eigenvalue weighted by molar-refractivity contribution is -0.384. The first-order valence-corrected chi connectivity index (χ1v) is 11.2. The maximum Gasteiger partial charge on any atom is 0.293 e. The van der Waals surface area contributed by atoms with E-state index in [1.807, 2.05) is 13.8 Å². The lowest BCUT2D eigenvalue weighted by atomic mass is 9.88. The molecule has 3 rings (SSSR count). The predicted octanol–water partition coefficient (Wildman–Crippen LogP) is 3.40. The normalized spacial score (nSPS) is 19.8. The molecule has 2 aromatic rings. The molecule has 1 saturated carbocycles. The Bertz CT molecular complexity index is 975. The van der Waals surface area contributed by atoms with Crippen LogP contribution < -0.4 is 10.0 Å². The Labute approximate surface area is 170 Å². The Kier molecular flexibility index (Phi) is 6.23. The van der Waals surface area contributed by atoms with E-state index in [9.17, 15) is 18.5 Å². The van der Waals surface area contributed by atoms with E-state index in [-0.39, 0.29) is 22.3 Å². The van der Waals surface area contributed by atoms with Crippen molar-refractivity contribution in [1.82, 2.24) is 14.9 Å². The van der Waals surface area contributed by atoms with Gasteiger partial charge in [0.2, 0.25) is 10.0 Å². The minimum atomic E-state index is -3.82. The molecule has 0 atom stereocenters. The van der Waals surface area contributed by atoms with Crippen LogP contribution in [0.4, 0.5) is 11.4 Å². The van der Waals surface area contributed by atoms with Gasteiger partial charge in [0.15, 0.2) is 0 Å². The summed E-state index contributed by atoms with van der Waals surface area (Å²) in [6.45, 7) is 6.23. The molecule has 1 aliphatic carbocycles. The van der Waals surface area contributed by atoms with Crippen molar-refractivity contribution >= 4 is 21.4 Å². The van der Waals surface area contributed by atoms with Crippen LogP contribution in [0, 0.1) is 29.9 Å². The summed E-state index contributed by atoms with van der Waals surface area (Å²) < 4.78 is 28.2. The standard InChI is InChI=1S/C19H27N5O4S/c1-12-4-6-15(7-5-12)23-29(27,28)16-8-9-18(19(10-16)24(25)26)20-11-17-13(2)21-22-14(17)3/h8-10,12,15,20,23H,4-7,11H2,1-3H3,(H,21,22). The molecule has 3 N–H and O–H groups in total. The van der Waals surface area contributed by atoms with Gasteiger partial charge in [0, 0.05) is 29.9 Å². The van der Waals surface area contributed by atoms with E-state index in [0.29, 0.717) is 12.5 Å². The fraction of sp³-hybridized carbons (Fsp3) is 0.526. The fourth-order valence-electron chi connectivity index (χ4n) is 3.66. The third kappa shape index (κ3) is 4.94. The van der Waals surface area contributed by atoms with E-state index in [1.165, 1.54) is 12.1 Å². The number of hydrogen-bond donors (Lipinski definition) is 3. The van der Waals surface area contributed by atoms with Crippen molar-refractivity contribution in [3.8, 4) is 0 Å². The molecule has 0 radical (unpaired) electrons. The van der Waals surface area contributed by atoms with Gasteiger partial charge in [-0.2, -0.15) is 5.10 Å². The van der Waals surface area contributed by atoms with Crippen molar-refractivity contribution in [2.24, 2.45) is 5.92 Å². The topological polar surface area (TPSA) is 130 Å². The molecular formula is C19H27N5O4S. The first-order valence-electron chi connectivity index (χ1n) is 9.72. The van der Waals surface area contributed by atoms with Crippen molar-refractivity contribution < 1.29 is 13.3 Å². The predicted molar refractivity (Wildman–Crippen MR) is 110 cm³/mol. The van der Waals surface area contributed by atoms with E-state index in [1.54, 1.807) is 0 Å². The summed E-state index contributed by atoms with van der Waals surface area (Å²) in [6.07, 6.45) is 3.52. The van der Waals surface area contributed by atoms with E-state index in [2.05, 4.69) is 27.2 Å². The second-order valence-electron chi connectivity index (χ2n) is 7.78. The number of anilines is 1. The quantitative estimate of drug-likeness (QED) is 0.464. The Balaban J connectivity index is 1.79. The Hall–Kier alpha value is -2.46. The number of benzene rings is 1. The van der Waals surface area contributed by atoms with Crippen LogP contribution in [0.1, 0.15) is 49.6 Å². The lowest BCUT2D eigenvalue weighted by Gasteiger charge is -2.26. The van der Waals surface area contributed by atoms with E-state index >= 15 is 0 Å². The molecule has 0 spiro atoms.